The van der Waals surface area contributed by atoms with Gasteiger partial charge in [-0.3, -0.25) is 4.79 Å². The van der Waals surface area contributed by atoms with Crippen LogP contribution in [0.3, 0.4) is 0 Å². The zero-order valence-electron chi connectivity index (χ0n) is 12.3. The summed E-state index contributed by atoms with van der Waals surface area (Å²) >= 11 is 2.18. The number of nitrogens with zero attached hydrogens (tertiary/aromatic N) is 5. The van der Waals surface area contributed by atoms with Gasteiger partial charge in [0.25, 0.3) is 5.91 Å². The molecule has 1 aliphatic heterocycles. The summed E-state index contributed by atoms with van der Waals surface area (Å²) in [6.07, 6.45) is 3.10. The SMILES string of the molecule is N#Cc1nccnc1N1CCN(C(=O)c2ccccc2I)CC1. The molecular formula is C16H14IN5O. The van der Waals surface area contributed by atoms with Gasteiger partial charge in [-0.2, -0.15) is 5.26 Å². The molecule has 0 bridgehead atoms. The molecule has 1 amide bonds. The number of carbonyl (C=O) groups is 1. The highest BCUT2D eigenvalue weighted by Gasteiger charge is 2.25. The van der Waals surface area contributed by atoms with Gasteiger partial charge < -0.3 is 9.80 Å². The molecule has 0 radical (unpaired) electrons. The molecule has 7 heteroatoms. The van der Waals surface area contributed by atoms with Crippen LogP contribution in [-0.4, -0.2) is 47.0 Å². The van der Waals surface area contributed by atoms with E-state index in [0.717, 1.165) is 9.13 Å². The van der Waals surface area contributed by atoms with Crippen molar-refractivity contribution in [1.29, 1.82) is 5.26 Å². The molecule has 0 saturated carbocycles. The van der Waals surface area contributed by atoms with Gasteiger partial charge in [0.05, 0.1) is 5.56 Å². The lowest BCUT2D eigenvalue weighted by atomic mass is 10.2. The maximum atomic E-state index is 12.6. The highest BCUT2D eigenvalue weighted by molar-refractivity contribution is 14.1. The number of hydrogen-bond donors (Lipinski definition) is 0. The van der Waals surface area contributed by atoms with Crippen LogP contribution >= 0.6 is 22.6 Å². The lowest BCUT2D eigenvalue weighted by Crippen LogP contribution is -2.49. The van der Waals surface area contributed by atoms with Crippen molar-refractivity contribution >= 4 is 34.3 Å². The second-order valence-electron chi connectivity index (χ2n) is 5.10. The molecule has 2 heterocycles. The molecule has 1 aliphatic rings. The molecule has 2 aromatic rings. The minimum atomic E-state index is 0.0503. The topological polar surface area (TPSA) is 73.1 Å². The van der Waals surface area contributed by atoms with Crippen molar-refractivity contribution in [2.45, 2.75) is 0 Å². The summed E-state index contributed by atoms with van der Waals surface area (Å²) in [5.41, 5.74) is 1.06. The lowest BCUT2D eigenvalue weighted by molar-refractivity contribution is 0.0745. The summed E-state index contributed by atoms with van der Waals surface area (Å²) in [5.74, 6) is 0.644. The lowest BCUT2D eigenvalue weighted by Gasteiger charge is -2.35. The predicted molar refractivity (Wildman–Crippen MR) is 94.0 cm³/mol. The smallest absolute Gasteiger partial charge is 0.255 e. The number of halogens is 1. The summed E-state index contributed by atoms with van der Waals surface area (Å²) in [6, 6.07) is 9.65. The van der Waals surface area contributed by atoms with Crippen LogP contribution in [0.4, 0.5) is 5.82 Å². The fourth-order valence-electron chi connectivity index (χ4n) is 2.57. The maximum Gasteiger partial charge on any atom is 0.255 e. The molecular weight excluding hydrogens is 405 g/mol. The molecule has 3 rings (SSSR count). The molecule has 0 N–H and O–H groups in total. The van der Waals surface area contributed by atoms with Gasteiger partial charge in [0.2, 0.25) is 0 Å². The number of amides is 1. The van der Waals surface area contributed by atoms with E-state index in [9.17, 15) is 4.79 Å². The summed E-state index contributed by atoms with van der Waals surface area (Å²) in [6.45, 7) is 2.49. The Morgan fingerprint density at radius 1 is 1.13 bits per heavy atom. The van der Waals surface area contributed by atoms with E-state index in [1.54, 1.807) is 6.20 Å². The summed E-state index contributed by atoms with van der Waals surface area (Å²) in [7, 11) is 0. The first kappa shape index (κ1) is 15.7. The van der Waals surface area contributed by atoms with Crippen molar-refractivity contribution in [1.82, 2.24) is 14.9 Å². The van der Waals surface area contributed by atoms with Crippen molar-refractivity contribution in [2.75, 3.05) is 31.1 Å². The fourth-order valence-corrected chi connectivity index (χ4v) is 3.19. The molecule has 1 fully saturated rings. The Kier molecular flexibility index (Phi) is 4.71. The fraction of sp³-hybridized carbons (Fsp3) is 0.250. The van der Waals surface area contributed by atoms with Crippen molar-refractivity contribution in [3.8, 4) is 6.07 Å². The average molecular weight is 419 g/mol. The zero-order chi connectivity index (χ0) is 16.2. The van der Waals surface area contributed by atoms with Crippen LogP contribution in [0.2, 0.25) is 0 Å². The molecule has 0 atom stereocenters. The molecule has 1 aromatic carbocycles. The van der Waals surface area contributed by atoms with Gasteiger partial charge in [-0.1, -0.05) is 12.1 Å². The second kappa shape index (κ2) is 6.91. The monoisotopic (exact) mass is 419 g/mol. The average Bonchev–Trinajstić information content (AvgIpc) is 2.61. The van der Waals surface area contributed by atoms with Gasteiger partial charge in [-0.05, 0) is 34.7 Å². The second-order valence-corrected chi connectivity index (χ2v) is 6.26. The van der Waals surface area contributed by atoms with Gasteiger partial charge >= 0.3 is 0 Å². The Hall–Kier alpha value is -2.21. The standard InChI is InChI=1S/C16H14IN5O/c17-13-4-2-1-3-12(13)16(23)22-9-7-21(8-10-22)15-14(11-18)19-5-6-20-15/h1-6H,7-10H2. The van der Waals surface area contributed by atoms with E-state index in [-0.39, 0.29) is 5.91 Å². The van der Waals surface area contributed by atoms with Crippen LogP contribution in [0.1, 0.15) is 16.1 Å². The number of aromatic nitrogens is 2. The van der Waals surface area contributed by atoms with Gasteiger partial charge in [0.15, 0.2) is 11.5 Å². The van der Waals surface area contributed by atoms with Crippen LogP contribution in [0.5, 0.6) is 0 Å². The largest absolute Gasteiger partial charge is 0.351 e. The van der Waals surface area contributed by atoms with Gasteiger partial charge in [-0.25, -0.2) is 9.97 Å². The number of hydrogen-bond acceptors (Lipinski definition) is 5. The number of carbonyl (C=O) groups excluding carboxylic acids is 1. The van der Waals surface area contributed by atoms with Crippen LogP contribution in [0.15, 0.2) is 36.7 Å². The third kappa shape index (κ3) is 3.27. The Morgan fingerprint density at radius 3 is 2.52 bits per heavy atom. The van der Waals surface area contributed by atoms with E-state index < -0.39 is 0 Å². The van der Waals surface area contributed by atoms with Crippen LogP contribution in [-0.2, 0) is 0 Å². The molecule has 1 aromatic heterocycles. The number of benzene rings is 1. The number of piperazine rings is 1. The molecule has 1 saturated heterocycles. The molecule has 0 spiro atoms. The highest BCUT2D eigenvalue weighted by Crippen LogP contribution is 2.19. The predicted octanol–water partition coefficient (Wildman–Crippen LogP) is 1.92. The highest BCUT2D eigenvalue weighted by atomic mass is 127. The Morgan fingerprint density at radius 2 is 1.83 bits per heavy atom. The third-order valence-corrected chi connectivity index (χ3v) is 4.70. The first-order valence-electron chi connectivity index (χ1n) is 7.20. The third-order valence-electron chi connectivity index (χ3n) is 3.76. The molecule has 116 valence electrons. The van der Waals surface area contributed by atoms with Crippen molar-refractivity contribution < 1.29 is 4.79 Å². The van der Waals surface area contributed by atoms with Crippen LogP contribution in [0.25, 0.3) is 0 Å². The van der Waals surface area contributed by atoms with Gasteiger partial charge in [0, 0.05) is 42.1 Å². The zero-order valence-corrected chi connectivity index (χ0v) is 14.5. The van der Waals surface area contributed by atoms with E-state index in [1.807, 2.05) is 34.1 Å². The van der Waals surface area contributed by atoms with E-state index in [0.29, 0.717) is 37.7 Å². The first-order valence-corrected chi connectivity index (χ1v) is 8.28. The Bertz CT molecular complexity index is 765. The summed E-state index contributed by atoms with van der Waals surface area (Å²) in [4.78, 5) is 24.7. The minimum Gasteiger partial charge on any atom is -0.351 e. The van der Waals surface area contributed by atoms with Gasteiger partial charge in [-0.15, -0.1) is 0 Å². The molecule has 0 unspecified atom stereocenters. The summed E-state index contributed by atoms with van der Waals surface area (Å²) < 4.78 is 0.957. The van der Waals surface area contributed by atoms with E-state index in [2.05, 4.69) is 38.6 Å². The molecule has 23 heavy (non-hydrogen) atoms. The Balaban J connectivity index is 1.71. The van der Waals surface area contributed by atoms with Gasteiger partial charge in [0.1, 0.15) is 6.07 Å². The normalized spacial score (nSPS) is 14.4. The van der Waals surface area contributed by atoms with Crippen molar-refractivity contribution in [3.63, 3.8) is 0 Å². The minimum absolute atomic E-state index is 0.0503. The van der Waals surface area contributed by atoms with Crippen LogP contribution < -0.4 is 4.90 Å². The number of anilines is 1. The van der Waals surface area contributed by atoms with Crippen molar-refractivity contribution in [2.24, 2.45) is 0 Å². The quantitative estimate of drug-likeness (QED) is 0.696. The van der Waals surface area contributed by atoms with Crippen molar-refractivity contribution in [3.05, 3.63) is 51.5 Å². The summed E-state index contributed by atoms with van der Waals surface area (Å²) in [5, 5.41) is 9.12. The number of rotatable bonds is 2. The number of nitriles is 1. The van der Waals surface area contributed by atoms with Crippen LogP contribution in [0, 0.1) is 14.9 Å². The van der Waals surface area contributed by atoms with E-state index >= 15 is 0 Å². The van der Waals surface area contributed by atoms with E-state index in [1.165, 1.54) is 6.20 Å². The maximum absolute atomic E-state index is 12.6. The Labute approximate surface area is 147 Å². The molecule has 6 nitrogen and oxygen atoms in total. The molecule has 0 aliphatic carbocycles. The first-order chi connectivity index (χ1) is 11.2. The van der Waals surface area contributed by atoms with E-state index in [4.69, 9.17) is 5.26 Å².